The molecule has 12 rings (SSSR count). The van der Waals surface area contributed by atoms with Crippen LogP contribution in [-0.2, 0) is 28.8 Å². The Bertz CT molecular complexity index is 3500. The Hall–Kier alpha value is -6.58. The molecule has 5 atom stereocenters. The number of halogens is 2. The van der Waals surface area contributed by atoms with Crippen LogP contribution in [0.4, 0.5) is 0 Å². The van der Waals surface area contributed by atoms with Crippen LogP contribution in [0.5, 0.6) is 0 Å². The molecule has 2 aromatic carbocycles. The lowest BCUT2D eigenvalue weighted by Crippen LogP contribution is -2.60. The van der Waals surface area contributed by atoms with Crippen molar-refractivity contribution in [1.29, 1.82) is 0 Å². The molecule has 21 heteroatoms. The summed E-state index contributed by atoms with van der Waals surface area (Å²) in [6, 6.07) is 33.9. The number of piperidine rings is 3. The van der Waals surface area contributed by atoms with Crippen LogP contribution in [0.25, 0.3) is 0 Å². The van der Waals surface area contributed by atoms with Gasteiger partial charge in [-0.25, -0.2) is 0 Å². The SMILES string of the molecule is CC(=O)N1CCC(CC(=O)N2CCN(C(c3ccc(Cl)cc3)c3cccnc3)C[C@@H]2C(C)(C)C)CC1.CC(=O)N1CCC(CC(=O)N2CCN(C(c3ccc(Cl)cc3)c3cccnc3)C[C@@H]2C(C)(C)C)CC1.CC(=O)N1CCC(CC(=O)N2CCN(C(c3cccs3)c3cccs3)C[C@@H]2C(C)C)CC1. The highest BCUT2D eigenvalue weighted by Gasteiger charge is 2.44. The number of benzene rings is 2. The summed E-state index contributed by atoms with van der Waals surface area (Å²) in [5.74, 6) is 2.72. The molecule has 0 bridgehead atoms. The maximum absolute atomic E-state index is 13.6. The fourth-order valence-corrected chi connectivity index (χ4v) is 18.6. The quantitative estimate of drug-likeness (QED) is 0.0908. The maximum atomic E-state index is 13.6. The molecular formula is C83H113Cl2N11O6S2. The minimum Gasteiger partial charge on any atom is -0.343 e. The summed E-state index contributed by atoms with van der Waals surface area (Å²) in [6.07, 6.45) is 14.8. The molecule has 2 unspecified atom stereocenters. The van der Waals surface area contributed by atoms with Gasteiger partial charge in [0.25, 0.3) is 0 Å². The lowest BCUT2D eigenvalue weighted by molar-refractivity contribution is -0.142. The standard InChI is InChI=1S/2C29H39ClN4O2.C25H35N3O2S2/c2*1-21(35)32-14-11-22(12-15-32)18-27(36)34-17-16-33(20-26(34)29(2,3)4)28(24-6-5-13-31-19-24)23-7-9-25(30)10-8-23;1-18(2)21-17-27(25(22-6-4-14-31-22)23-7-5-15-32-23)12-13-28(21)24(30)16-20-8-10-26(11-9-20)19(3)29/h2*5-10,13,19,22,26,28H,11-12,14-18,20H2,1-4H3;4-7,14-15,18,20-21,25H,8-13,16-17H2,1-3H3/t2*26-,28?;21-/m111/s1. The van der Waals surface area contributed by atoms with Crippen LogP contribution in [0.3, 0.4) is 0 Å². The second-order valence-electron chi connectivity index (χ2n) is 32.2. The third-order valence-electron chi connectivity index (χ3n) is 22.7. The number of pyridine rings is 2. The Morgan fingerprint density at radius 3 is 1.06 bits per heavy atom. The summed E-state index contributed by atoms with van der Waals surface area (Å²) >= 11 is 16.0. The van der Waals surface area contributed by atoms with Gasteiger partial charge in [0, 0.05) is 201 Å². The number of carbonyl (C=O) groups excluding carboxylic acids is 6. The zero-order chi connectivity index (χ0) is 74.4. The number of hydrogen-bond acceptors (Lipinski definition) is 13. The third kappa shape index (κ3) is 21.2. The Kier molecular flexibility index (Phi) is 28.3. The molecule has 0 aliphatic carbocycles. The van der Waals surface area contributed by atoms with Crippen molar-refractivity contribution >= 4 is 81.3 Å². The van der Waals surface area contributed by atoms with Crippen molar-refractivity contribution in [3.05, 3.63) is 175 Å². The van der Waals surface area contributed by atoms with E-state index in [1.807, 2.05) is 86.2 Å². The van der Waals surface area contributed by atoms with Crippen LogP contribution in [0.1, 0.15) is 184 Å². The monoisotopic (exact) mass is 1490 g/mol. The zero-order valence-corrected chi connectivity index (χ0v) is 66.5. The molecule has 6 aliphatic rings. The van der Waals surface area contributed by atoms with E-state index in [0.29, 0.717) is 61.9 Å². The smallest absolute Gasteiger partial charge is 0.223 e. The summed E-state index contributed by atoms with van der Waals surface area (Å²) in [5, 5.41) is 5.77. The highest BCUT2D eigenvalue weighted by Crippen LogP contribution is 2.41. The van der Waals surface area contributed by atoms with Crippen molar-refractivity contribution in [3.8, 4) is 0 Å². The molecule has 0 N–H and O–H groups in total. The average Bonchev–Trinajstić information content (AvgIpc) is 0.832. The van der Waals surface area contributed by atoms with E-state index < -0.39 is 0 Å². The molecule has 4 aromatic heterocycles. The third-order valence-corrected chi connectivity index (χ3v) is 25.0. The van der Waals surface area contributed by atoms with E-state index >= 15 is 0 Å². The molecule has 0 saturated carbocycles. The Morgan fingerprint density at radius 1 is 0.423 bits per heavy atom. The van der Waals surface area contributed by atoms with Gasteiger partial charge in [-0.1, -0.05) is 127 Å². The molecule has 562 valence electrons. The summed E-state index contributed by atoms with van der Waals surface area (Å²) in [5.41, 5.74) is 4.51. The topological polar surface area (TPSA) is 157 Å². The summed E-state index contributed by atoms with van der Waals surface area (Å²) in [4.78, 5) is 107. The predicted octanol–water partition coefficient (Wildman–Crippen LogP) is 14.8. The molecule has 0 spiro atoms. The van der Waals surface area contributed by atoms with Gasteiger partial charge in [0.2, 0.25) is 35.4 Å². The van der Waals surface area contributed by atoms with Gasteiger partial charge in [0.05, 0.1) is 18.1 Å². The number of likely N-dealkylation sites (tertiary alicyclic amines) is 3. The summed E-state index contributed by atoms with van der Waals surface area (Å²) in [6.45, 7) is 34.6. The van der Waals surface area contributed by atoms with Crippen LogP contribution in [0.15, 0.2) is 133 Å². The second-order valence-corrected chi connectivity index (χ2v) is 35.0. The molecular weight excluding hydrogens is 1380 g/mol. The normalized spacial score (nSPS) is 20.9. The fraction of sp³-hybridized carbons (Fsp3) is 0.566. The number of nitrogens with zero attached hydrogens (tertiary/aromatic N) is 11. The number of aromatic nitrogens is 2. The molecule has 6 fully saturated rings. The number of rotatable bonds is 16. The molecule has 0 radical (unpaired) electrons. The molecule has 17 nitrogen and oxygen atoms in total. The minimum absolute atomic E-state index is 0.0500. The van der Waals surface area contributed by atoms with Crippen molar-refractivity contribution in [3.63, 3.8) is 0 Å². The minimum atomic E-state index is -0.0637. The van der Waals surface area contributed by atoms with Gasteiger partial charge >= 0.3 is 0 Å². The van der Waals surface area contributed by atoms with Crippen molar-refractivity contribution < 1.29 is 28.8 Å². The number of thiophene rings is 2. The highest BCUT2D eigenvalue weighted by atomic mass is 35.5. The number of piperazine rings is 3. The molecule has 6 saturated heterocycles. The first-order valence-corrected chi connectivity index (χ1v) is 40.5. The Labute approximate surface area is 637 Å². The van der Waals surface area contributed by atoms with E-state index in [0.717, 1.165) is 145 Å². The van der Waals surface area contributed by atoms with Gasteiger partial charge < -0.3 is 29.4 Å². The van der Waals surface area contributed by atoms with Crippen molar-refractivity contribution in [2.75, 3.05) is 98.2 Å². The number of amides is 6. The number of carbonyl (C=O) groups is 6. The van der Waals surface area contributed by atoms with E-state index in [1.165, 1.54) is 20.9 Å². The highest BCUT2D eigenvalue weighted by molar-refractivity contribution is 7.11. The first kappa shape index (κ1) is 80.0. The molecule has 10 heterocycles. The average molecular weight is 1500 g/mol. The van der Waals surface area contributed by atoms with E-state index in [9.17, 15) is 28.8 Å². The molecule has 6 aliphatic heterocycles. The number of hydrogen-bond donors (Lipinski definition) is 0. The van der Waals surface area contributed by atoms with E-state index in [2.05, 4.69) is 166 Å². The van der Waals surface area contributed by atoms with Gasteiger partial charge in [0.15, 0.2) is 0 Å². The molecule has 6 aromatic rings. The van der Waals surface area contributed by atoms with Gasteiger partial charge in [-0.15, -0.1) is 22.7 Å². The van der Waals surface area contributed by atoms with Crippen LogP contribution in [-0.4, -0.2) is 206 Å². The molecule has 104 heavy (non-hydrogen) atoms. The van der Waals surface area contributed by atoms with E-state index in [1.54, 1.807) is 33.2 Å². The van der Waals surface area contributed by atoms with Gasteiger partial charge in [0.1, 0.15) is 0 Å². The first-order chi connectivity index (χ1) is 49.7. The first-order valence-electron chi connectivity index (χ1n) is 37.9. The van der Waals surface area contributed by atoms with Crippen molar-refractivity contribution in [2.45, 2.75) is 170 Å². The van der Waals surface area contributed by atoms with Crippen LogP contribution in [0.2, 0.25) is 10.0 Å². The molecule has 6 amide bonds. The Morgan fingerprint density at radius 2 is 0.760 bits per heavy atom. The predicted molar refractivity (Wildman–Crippen MR) is 419 cm³/mol. The Balaban J connectivity index is 0.000000168. The zero-order valence-electron chi connectivity index (χ0n) is 63.4. The summed E-state index contributed by atoms with van der Waals surface area (Å²) in [7, 11) is 0. The second kappa shape index (κ2) is 36.8. The van der Waals surface area contributed by atoms with Crippen molar-refractivity contribution in [1.82, 2.24) is 54.1 Å². The fourth-order valence-electron chi connectivity index (χ4n) is 16.5. The van der Waals surface area contributed by atoms with E-state index in [-0.39, 0.29) is 76.6 Å². The van der Waals surface area contributed by atoms with Crippen LogP contribution >= 0.6 is 45.9 Å². The van der Waals surface area contributed by atoms with Gasteiger partial charge in [-0.05, 0) is 155 Å². The van der Waals surface area contributed by atoms with Gasteiger partial charge in [-0.3, -0.25) is 53.4 Å². The largest absolute Gasteiger partial charge is 0.343 e. The van der Waals surface area contributed by atoms with E-state index in [4.69, 9.17) is 23.2 Å². The van der Waals surface area contributed by atoms with Crippen LogP contribution < -0.4 is 0 Å². The van der Waals surface area contributed by atoms with Crippen LogP contribution in [0, 0.1) is 34.5 Å². The summed E-state index contributed by atoms with van der Waals surface area (Å²) < 4.78 is 0. The van der Waals surface area contributed by atoms with Gasteiger partial charge in [-0.2, -0.15) is 0 Å². The lowest BCUT2D eigenvalue weighted by atomic mass is 9.82. The van der Waals surface area contributed by atoms with Crippen molar-refractivity contribution in [2.24, 2.45) is 34.5 Å². The maximum Gasteiger partial charge on any atom is 0.223 e. The lowest BCUT2D eigenvalue weighted by Gasteiger charge is -2.49.